The third-order valence-corrected chi connectivity index (χ3v) is 19.8. The van der Waals surface area contributed by atoms with Gasteiger partial charge >= 0.3 is 27.4 Å². The SMILES string of the molecule is CCCCc1cc2c3c(c1)-c1ccccc1B(c1c(C)cc(C)cc1C)N3B(c1c(C)cc(C)cc1C)c1ccccc1-2.CCCCc1cc2c3c(c1)-c1ccccc1B(c1c(C)cc(C)cc1C)N3B(c1c(C)cc(C)cc1C)c1ccccc1-2. The molecule has 0 saturated carbocycles. The normalized spacial score (nSPS) is 13.1. The molecule has 0 fully saturated rings. The minimum atomic E-state index is 0.100. The van der Waals surface area contributed by atoms with Gasteiger partial charge in [0, 0.05) is 33.6 Å². The first-order valence-corrected chi connectivity index (χ1v) is 32.1. The van der Waals surface area contributed by atoms with Crippen LogP contribution >= 0.6 is 0 Å². The van der Waals surface area contributed by atoms with Crippen LogP contribution in [0.2, 0.25) is 0 Å². The fraction of sp³-hybridized carbons (Fsp3) is 0.250. The summed E-state index contributed by atoms with van der Waals surface area (Å²) in [5.74, 6) is 0. The van der Waals surface area contributed by atoms with E-state index in [1.165, 1.54) is 203 Å². The molecule has 0 unspecified atom stereocenters. The van der Waals surface area contributed by atoms with Gasteiger partial charge in [0.15, 0.2) is 0 Å². The van der Waals surface area contributed by atoms with E-state index in [1.807, 2.05) is 0 Å². The Labute approximate surface area is 516 Å². The summed E-state index contributed by atoms with van der Waals surface area (Å²) in [6, 6.07) is 66.1. The van der Waals surface area contributed by atoms with Crippen molar-refractivity contribution < 1.29 is 0 Å². The molecule has 4 heterocycles. The van der Waals surface area contributed by atoms with E-state index in [1.54, 1.807) is 0 Å². The molecule has 6 heteroatoms. The highest BCUT2D eigenvalue weighted by Crippen LogP contribution is 2.49. The summed E-state index contributed by atoms with van der Waals surface area (Å²) < 4.78 is 5.66. The molecule has 86 heavy (non-hydrogen) atoms. The average molecular weight is 1110 g/mol. The van der Waals surface area contributed by atoms with Gasteiger partial charge < -0.3 is 9.44 Å². The van der Waals surface area contributed by atoms with Gasteiger partial charge in [-0.25, -0.2) is 0 Å². The smallest absolute Gasteiger partial charge is 0.312 e. The number of nitrogens with zero attached hydrogens (tertiary/aromatic N) is 2. The average Bonchev–Trinajstić information content (AvgIpc) is 0.712. The van der Waals surface area contributed by atoms with Crippen molar-refractivity contribution in [2.45, 2.75) is 135 Å². The number of fused-ring (bicyclic) bond motifs is 8. The van der Waals surface area contributed by atoms with Gasteiger partial charge in [0.05, 0.1) is 0 Å². The van der Waals surface area contributed by atoms with Crippen molar-refractivity contribution in [3.05, 3.63) is 248 Å². The van der Waals surface area contributed by atoms with Crippen molar-refractivity contribution in [1.29, 1.82) is 0 Å². The zero-order chi connectivity index (χ0) is 60.0. The second kappa shape index (κ2) is 22.7. The summed E-state index contributed by atoms with van der Waals surface area (Å²) in [5.41, 5.74) is 44.5. The Bertz CT molecular complexity index is 3730. The summed E-state index contributed by atoms with van der Waals surface area (Å²) in [6.07, 6.45) is 7.04. The molecular weight excluding hydrogens is 1030 g/mol. The van der Waals surface area contributed by atoms with Crippen molar-refractivity contribution in [2.24, 2.45) is 0 Å². The Morgan fingerprint density at radius 3 is 0.686 bits per heavy atom. The highest BCUT2D eigenvalue weighted by Gasteiger charge is 2.50. The predicted octanol–water partition coefficient (Wildman–Crippen LogP) is 14.5. The Hall–Kier alpha value is -7.94. The molecule has 0 aliphatic carbocycles. The van der Waals surface area contributed by atoms with Crippen LogP contribution in [0.25, 0.3) is 44.5 Å². The lowest BCUT2D eigenvalue weighted by Crippen LogP contribution is -2.73. The molecule has 2 nitrogen and oxygen atoms in total. The van der Waals surface area contributed by atoms with E-state index >= 15 is 0 Å². The minimum Gasteiger partial charge on any atom is -0.444 e. The van der Waals surface area contributed by atoms with E-state index in [-0.39, 0.29) is 27.4 Å². The zero-order valence-corrected chi connectivity index (χ0v) is 53.6. The molecule has 10 aromatic carbocycles. The van der Waals surface area contributed by atoms with Crippen LogP contribution < -0.4 is 53.1 Å². The van der Waals surface area contributed by atoms with E-state index in [9.17, 15) is 0 Å². The van der Waals surface area contributed by atoms with Crippen molar-refractivity contribution in [3.63, 3.8) is 0 Å². The van der Waals surface area contributed by atoms with Gasteiger partial charge in [-0.2, -0.15) is 0 Å². The Morgan fingerprint density at radius 1 is 0.267 bits per heavy atom. The molecule has 0 bridgehead atoms. The number of aryl methyl sites for hydroxylation is 14. The summed E-state index contributed by atoms with van der Waals surface area (Å²) in [4.78, 5) is 0. The molecule has 4 aliphatic heterocycles. The van der Waals surface area contributed by atoms with Crippen LogP contribution in [0.4, 0.5) is 11.4 Å². The maximum absolute atomic E-state index is 2.83. The molecule has 14 rings (SSSR count). The molecule has 0 atom stereocenters. The summed E-state index contributed by atoms with van der Waals surface area (Å²) >= 11 is 0. The largest absolute Gasteiger partial charge is 0.444 e. The highest BCUT2D eigenvalue weighted by molar-refractivity contribution is 7.08. The summed E-state index contributed by atoms with van der Waals surface area (Å²) in [5, 5.41) is 0. The van der Waals surface area contributed by atoms with Crippen LogP contribution in [0.15, 0.2) is 170 Å². The topological polar surface area (TPSA) is 6.48 Å². The van der Waals surface area contributed by atoms with Crippen LogP contribution in [0.3, 0.4) is 0 Å². The number of rotatable bonds is 10. The minimum absolute atomic E-state index is 0.100. The molecule has 0 amide bonds. The molecule has 0 spiro atoms. The Morgan fingerprint density at radius 2 is 0.477 bits per heavy atom. The maximum Gasteiger partial charge on any atom is 0.312 e. The molecule has 0 saturated heterocycles. The van der Waals surface area contributed by atoms with Gasteiger partial charge in [-0.05, 0) is 210 Å². The van der Waals surface area contributed by atoms with E-state index in [2.05, 4.69) is 276 Å². The molecule has 0 aromatic heterocycles. The van der Waals surface area contributed by atoms with E-state index in [0.29, 0.717) is 0 Å². The van der Waals surface area contributed by atoms with Gasteiger partial charge in [0.1, 0.15) is 0 Å². The summed E-state index contributed by atoms with van der Waals surface area (Å²) in [7, 11) is 0. The molecule has 424 valence electrons. The molecule has 0 radical (unpaired) electrons. The quantitative estimate of drug-likeness (QED) is 0.126. The lowest BCUT2D eigenvalue weighted by Gasteiger charge is -2.48. The first kappa shape index (κ1) is 57.2. The summed E-state index contributed by atoms with van der Waals surface area (Å²) in [6.45, 7) is 32.4. The Balaban J connectivity index is 0.000000160. The zero-order valence-electron chi connectivity index (χ0n) is 53.6. The van der Waals surface area contributed by atoms with Crippen LogP contribution in [0, 0.1) is 83.1 Å². The van der Waals surface area contributed by atoms with E-state index in [4.69, 9.17) is 0 Å². The van der Waals surface area contributed by atoms with Crippen LogP contribution in [-0.4, -0.2) is 27.4 Å². The van der Waals surface area contributed by atoms with Crippen LogP contribution in [0.5, 0.6) is 0 Å². The Kier molecular flexibility index (Phi) is 15.1. The van der Waals surface area contributed by atoms with Crippen molar-refractivity contribution in [2.75, 3.05) is 9.44 Å². The number of hydrogen-bond acceptors (Lipinski definition) is 2. The number of unbranched alkanes of at least 4 members (excludes halogenated alkanes) is 2. The lowest BCUT2D eigenvalue weighted by atomic mass is 9.32. The van der Waals surface area contributed by atoms with Gasteiger partial charge in [-0.3, -0.25) is 0 Å². The number of benzene rings is 10. The van der Waals surface area contributed by atoms with Gasteiger partial charge in [-0.15, -0.1) is 0 Å². The van der Waals surface area contributed by atoms with Gasteiger partial charge in [0.25, 0.3) is 0 Å². The fourth-order valence-corrected chi connectivity index (χ4v) is 16.8. The van der Waals surface area contributed by atoms with Gasteiger partial charge in [0.2, 0.25) is 0 Å². The highest BCUT2D eigenvalue weighted by atomic mass is 15.0. The molecular formula is C80H82B4N2. The first-order valence-electron chi connectivity index (χ1n) is 32.1. The molecule has 0 N–H and O–H groups in total. The third kappa shape index (κ3) is 9.53. The van der Waals surface area contributed by atoms with Crippen molar-refractivity contribution >= 4 is 82.5 Å². The number of anilines is 2. The second-order valence-corrected chi connectivity index (χ2v) is 26.3. The van der Waals surface area contributed by atoms with E-state index in [0.717, 1.165) is 12.8 Å². The van der Waals surface area contributed by atoms with Crippen molar-refractivity contribution in [3.8, 4) is 44.5 Å². The van der Waals surface area contributed by atoms with Crippen molar-refractivity contribution in [1.82, 2.24) is 0 Å². The first-order chi connectivity index (χ1) is 41.6. The molecule has 10 aromatic rings. The second-order valence-electron chi connectivity index (χ2n) is 26.3. The van der Waals surface area contributed by atoms with Crippen LogP contribution in [-0.2, 0) is 12.8 Å². The lowest BCUT2D eigenvalue weighted by molar-refractivity contribution is 0.795. The van der Waals surface area contributed by atoms with Crippen LogP contribution in [0.1, 0.15) is 117 Å². The standard InChI is InChI=1S/2C40H41B2N/c2*1-8-9-14-31-23-34-32-15-10-12-17-36(32)41(38-27(4)19-25(2)20-28(38)5)43-40(34)35(24-31)33-16-11-13-18-37(33)42(43)39-29(6)21-26(3)22-30(39)7/h2*10-13,15-24H,8-9,14H2,1-7H3. The van der Waals surface area contributed by atoms with Gasteiger partial charge in [-0.1, -0.05) is 239 Å². The number of hydrogen-bond donors (Lipinski definition) is 0. The maximum atomic E-state index is 2.83. The predicted molar refractivity (Wildman–Crippen MR) is 380 cm³/mol. The third-order valence-electron chi connectivity index (χ3n) is 19.8. The van der Waals surface area contributed by atoms with E-state index < -0.39 is 0 Å². The monoisotopic (exact) mass is 1110 g/mol. The molecule has 4 aliphatic rings. The fourth-order valence-electron chi connectivity index (χ4n) is 16.8.